The summed E-state index contributed by atoms with van der Waals surface area (Å²) in [6.45, 7) is 6.71. The predicted molar refractivity (Wildman–Crippen MR) is 123 cm³/mol. The maximum absolute atomic E-state index is 12.9. The number of hydrogen-bond acceptors (Lipinski definition) is 3. The first kappa shape index (κ1) is 27.0. The molecule has 4 atom stereocenters. The first-order valence-electron chi connectivity index (χ1n) is 12.9. The molecule has 4 unspecified atom stereocenters. The van der Waals surface area contributed by atoms with Crippen LogP contribution in [0.3, 0.4) is 0 Å². The molecular weight excluding hydrogens is 376 g/mol. The monoisotopic (exact) mass is 424 g/mol. The second-order valence-corrected chi connectivity index (χ2v) is 9.55. The van der Waals surface area contributed by atoms with Crippen LogP contribution in [-0.4, -0.2) is 23.1 Å². The summed E-state index contributed by atoms with van der Waals surface area (Å²) in [6.07, 6.45) is 18.2. The molecule has 0 aromatic carbocycles. The number of carbonyl (C=O) groups excluding carboxylic acids is 1. The number of carboxylic acids is 1. The van der Waals surface area contributed by atoms with Crippen molar-refractivity contribution in [3.63, 3.8) is 0 Å². The highest BCUT2D eigenvalue weighted by Gasteiger charge is 2.33. The van der Waals surface area contributed by atoms with Crippen molar-refractivity contribution in [2.75, 3.05) is 0 Å². The van der Waals surface area contributed by atoms with Crippen molar-refractivity contribution in [3.05, 3.63) is 0 Å². The molecular formula is C26H48O4. The molecule has 0 bridgehead atoms. The number of carboxylic acid groups (broad SMARTS) is 1. The molecule has 0 heterocycles. The van der Waals surface area contributed by atoms with Crippen molar-refractivity contribution in [1.29, 1.82) is 0 Å². The van der Waals surface area contributed by atoms with E-state index in [1.807, 2.05) is 0 Å². The van der Waals surface area contributed by atoms with Gasteiger partial charge in [-0.25, -0.2) is 0 Å². The minimum atomic E-state index is -0.765. The van der Waals surface area contributed by atoms with Crippen molar-refractivity contribution in [2.24, 2.45) is 17.8 Å². The van der Waals surface area contributed by atoms with E-state index >= 15 is 0 Å². The Bertz CT molecular complexity index is 462. The van der Waals surface area contributed by atoms with E-state index in [4.69, 9.17) is 4.74 Å². The average Bonchev–Trinajstić information content (AvgIpc) is 2.73. The first-order chi connectivity index (χ1) is 14.5. The fourth-order valence-electron chi connectivity index (χ4n) is 4.93. The van der Waals surface area contributed by atoms with Gasteiger partial charge in [-0.2, -0.15) is 0 Å². The molecule has 30 heavy (non-hydrogen) atoms. The lowest BCUT2D eigenvalue weighted by Gasteiger charge is -2.29. The highest BCUT2D eigenvalue weighted by atomic mass is 16.5. The van der Waals surface area contributed by atoms with Crippen LogP contribution in [0.4, 0.5) is 0 Å². The van der Waals surface area contributed by atoms with Gasteiger partial charge in [0.25, 0.3) is 0 Å². The maximum atomic E-state index is 12.9. The number of aliphatic carboxylic acids is 1. The smallest absolute Gasteiger partial charge is 0.309 e. The maximum Gasteiger partial charge on any atom is 0.309 e. The standard InChI is InChI=1S/C26H48O4/c1-4-7-9-10-12-18-24(19-21(14-6-3)15-11-8-5-2)30-26(29)23-17-13-16-22(20-23)25(27)28/h21-24H,4-20H2,1-3H3,(H,27,28). The molecule has 4 nitrogen and oxygen atoms in total. The second-order valence-electron chi connectivity index (χ2n) is 9.55. The zero-order valence-corrected chi connectivity index (χ0v) is 20.0. The van der Waals surface area contributed by atoms with Crippen molar-refractivity contribution < 1.29 is 19.4 Å². The van der Waals surface area contributed by atoms with Gasteiger partial charge in [-0.1, -0.05) is 91.4 Å². The van der Waals surface area contributed by atoms with Gasteiger partial charge in [0.05, 0.1) is 11.8 Å². The lowest BCUT2D eigenvalue weighted by Crippen LogP contribution is -2.31. The van der Waals surface area contributed by atoms with Crippen LogP contribution in [0.2, 0.25) is 0 Å². The van der Waals surface area contributed by atoms with Gasteiger partial charge in [-0.05, 0) is 44.4 Å². The first-order valence-corrected chi connectivity index (χ1v) is 12.9. The Morgan fingerprint density at radius 3 is 2.13 bits per heavy atom. The lowest BCUT2D eigenvalue weighted by atomic mass is 9.81. The van der Waals surface area contributed by atoms with Crippen LogP contribution in [0.1, 0.15) is 130 Å². The molecule has 0 spiro atoms. The third kappa shape index (κ3) is 11.4. The Morgan fingerprint density at radius 1 is 0.833 bits per heavy atom. The van der Waals surface area contributed by atoms with Gasteiger partial charge in [0, 0.05) is 0 Å². The normalized spacial score (nSPS) is 21.2. The second kappa shape index (κ2) is 16.6. The van der Waals surface area contributed by atoms with E-state index in [9.17, 15) is 14.7 Å². The van der Waals surface area contributed by atoms with Crippen molar-refractivity contribution >= 4 is 11.9 Å². The molecule has 1 saturated carbocycles. The number of unbranched alkanes of at least 4 members (excludes halogenated alkanes) is 6. The topological polar surface area (TPSA) is 63.6 Å². The summed E-state index contributed by atoms with van der Waals surface area (Å²) in [5, 5.41) is 9.34. The summed E-state index contributed by atoms with van der Waals surface area (Å²) in [4.78, 5) is 24.3. The van der Waals surface area contributed by atoms with Gasteiger partial charge in [-0.3, -0.25) is 9.59 Å². The largest absolute Gasteiger partial charge is 0.481 e. The molecule has 0 aromatic heterocycles. The molecule has 0 radical (unpaired) electrons. The number of esters is 1. The fourth-order valence-corrected chi connectivity index (χ4v) is 4.93. The Hall–Kier alpha value is -1.06. The Labute approximate surface area is 185 Å². The van der Waals surface area contributed by atoms with E-state index in [-0.39, 0.29) is 23.9 Å². The number of hydrogen-bond donors (Lipinski definition) is 1. The summed E-state index contributed by atoms with van der Waals surface area (Å²) in [5.74, 6) is -0.881. The van der Waals surface area contributed by atoms with E-state index in [0.29, 0.717) is 18.8 Å². The quantitative estimate of drug-likeness (QED) is 0.193. The van der Waals surface area contributed by atoms with Crippen LogP contribution in [0.15, 0.2) is 0 Å². The molecule has 1 fully saturated rings. The lowest BCUT2D eigenvalue weighted by molar-refractivity contribution is -0.158. The molecule has 0 saturated heterocycles. The summed E-state index contributed by atoms with van der Waals surface area (Å²) in [5.41, 5.74) is 0. The van der Waals surface area contributed by atoms with Crippen LogP contribution in [0, 0.1) is 17.8 Å². The predicted octanol–water partition coefficient (Wildman–Crippen LogP) is 7.54. The highest BCUT2D eigenvalue weighted by Crippen LogP contribution is 2.32. The van der Waals surface area contributed by atoms with Gasteiger partial charge in [-0.15, -0.1) is 0 Å². The number of rotatable bonds is 17. The third-order valence-corrected chi connectivity index (χ3v) is 6.78. The van der Waals surface area contributed by atoms with E-state index in [2.05, 4.69) is 20.8 Å². The molecule has 0 aliphatic heterocycles. The fraction of sp³-hybridized carbons (Fsp3) is 0.923. The number of carbonyl (C=O) groups is 2. The molecule has 1 aliphatic rings. The molecule has 4 heteroatoms. The van der Waals surface area contributed by atoms with Crippen LogP contribution in [0.25, 0.3) is 0 Å². The van der Waals surface area contributed by atoms with Gasteiger partial charge in [0.1, 0.15) is 6.10 Å². The van der Waals surface area contributed by atoms with Gasteiger partial charge in [0.15, 0.2) is 0 Å². The molecule has 1 aliphatic carbocycles. The van der Waals surface area contributed by atoms with E-state index in [1.54, 1.807) is 0 Å². The van der Waals surface area contributed by atoms with Crippen molar-refractivity contribution in [3.8, 4) is 0 Å². The summed E-state index contributed by atoms with van der Waals surface area (Å²) >= 11 is 0. The van der Waals surface area contributed by atoms with E-state index in [0.717, 1.165) is 32.1 Å². The van der Waals surface area contributed by atoms with Crippen LogP contribution >= 0.6 is 0 Å². The van der Waals surface area contributed by atoms with E-state index < -0.39 is 5.97 Å². The summed E-state index contributed by atoms with van der Waals surface area (Å²) in [6, 6.07) is 0. The molecule has 176 valence electrons. The Balaban J connectivity index is 2.65. The van der Waals surface area contributed by atoms with Crippen LogP contribution in [-0.2, 0) is 14.3 Å². The van der Waals surface area contributed by atoms with Crippen LogP contribution in [0.5, 0.6) is 0 Å². The Kier molecular flexibility index (Phi) is 14.9. The van der Waals surface area contributed by atoms with Crippen molar-refractivity contribution in [1.82, 2.24) is 0 Å². The SMILES string of the molecule is CCCCCCCC(CC(CCC)CCCCC)OC(=O)C1CCCC(C(=O)O)C1. The molecule has 1 rings (SSSR count). The average molecular weight is 425 g/mol. The van der Waals surface area contributed by atoms with Gasteiger partial charge < -0.3 is 9.84 Å². The number of ether oxygens (including phenoxy) is 1. The van der Waals surface area contributed by atoms with Crippen molar-refractivity contribution in [2.45, 2.75) is 136 Å². The minimum Gasteiger partial charge on any atom is -0.481 e. The van der Waals surface area contributed by atoms with E-state index in [1.165, 1.54) is 64.2 Å². The molecule has 0 aromatic rings. The van der Waals surface area contributed by atoms with Gasteiger partial charge >= 0.3 is 11.9 Å². The minimum absolute atomic E-state index is 0.00232. The van der Waals surface area contributed by atoms with Crippen LogP contribution < -0.4 is 0 Å². The molecule has 0 amide bonds. The summed E-state index contributed by atoms with van der Waals surface area (Å²) in [7, 11) is 0. The molecule has 1 N–H and O–H groups in total. The zero-order valence-electron chi connectivity index (χ0n) is 20.0. The Morgan fingerprint density at radius 2 is 1.47 bits per heavy atom. The van der Waals surface area contributed by atoms with Gasteiger partial charge in [0.2, 0.25) is 0 Å². The highest BCUT2D eigenvalue weighted by molar-refractivity contribution is 5.75. The summed E-state index contributed by atoms with van der Waals surface area (Å²) < 4.78 is 6.08. The zero-order chi connectivity index (χ0) is 22.2. The third-order valence-electron chi connectivity index (χ3n) is 6.78.